The summed E-state index contributed by atoms with van der Waals surface area (Å²) in [6, 6.07) is 8.45. The van der Waals surface area contributed by atoms with Crippen LogP contribution in [-0.2, 0) is 22.5 Å². The minimum Gasteiger partial charge on any atom is -0.468 e. The molecule has 0 bridgehead atoms. The second kappa shape index (κ2) is 8.91. The van der Waals surface area contributed by atoms with Crippen LogP contribution in [0, 0.1) is 0 Å². The van der Waals surface area contributed by atoms with Crippen molar-refractivity contribution < 1.29 is 19.1 Å². The maximum atomic E-state index is 12.4. The van der Waals surface area contributed by atoms with Crippen molar-refractivity contribution in [3.8, 4) is 5.06 Å². The minimum atomic E-state index is -0.834. The number of thiophene rings is 1. The van der Waals surface area contributed by atoms with E-state index in [2.05, 4.69) is 0 Å². The number of nitrogens with zero attached hydrogens (tertiary/aromatic N) is 1. The monoisotopic (exact) mass is 411 g/mol. The van der Waals surface area contributed by atoms with Gasteiger partial charge in [-0.3, -0.25) is 9.69 Å². The molecule has 136 valence electrons. The highest BCUT2D eigenvalue weighted by Crippen LogP contribution is 2.37. The lowest BCUT2D eigenvalue weighted by atomic mass is 10.0. The molecule has 0 saturated carbocycles. The molecular formula is C17H16BCl2NO4S. The van der Waals surface area contributed by atoms with Crippen LogP contribution in [0.3, 0.4) is 0 Å². The van der Waals surface area contributed by atoms with E-state index in [1.165, 1.54) is 18.4 Å². The molecule has 0 fully saturated rings. The van der Waals surface area contributed by atoms with Gasteiger partial charge in [0.05, 0.1) is 7.11 Å². The lowest BCUT2D eigenvalue weighted by molar-refractivity contribution is -0.147. The third-order valence-corrected chi connectivity index (χ3v) is 5.52. The Morgan fingerprint density at radius 3 is 2.73 bits per heavy atom. The number of hydrogen-bond donors (Lipinski definition) is 0. The van der Waals surface area contributed by atoms with E-state index in [0.717, 1.165) is 16.9 Å². The van der Waals surface area contributed by atoms with Crippen LogP contribution in [0.15, 0.2) is 30.3 Å². The lowest BCUT2D eigenvalue weighted by Crippen LogP contribution is -2.38. The van der Waals surface area contributed by atoms with E-state index in [4.69, 9.17) is 28.9 Å². The highest BCUT2D eigenvalue weighted by Gasteiger charge is 2.33. The second-order valence-corrected chi connectivity index (χ2v) is 7.11. The molecule has 1 atom stereocenters. The van der Waals surface area contributed by atoms with Gasteiger partial charge in [0.1, 0.15) is 6.04 Å². The third kappa shape index (κ3) is 4.41. The number of fused-ring (bicyclic) bond motifs is 1. The Morgan fingerprint density at radius 2 is 2.08 bits per heavy atom. The quantitative estimate of drug-likeness (QED) is 0.566. The first-order valence-electron chi connectivity index (χ1n) is 7.64. The molecule has 1 aromatic carbocycles. The van der Waals surface area contributed by atoms with Gasteiger partial charge in [0.15, 0.2) is 5.06 Å². The molecule has 2 aromatic rings. The van der Waals surface area contributed by atoms with Crippen LogP contribution in [0.4, 0.5) is 4.79 Å². The molecule has 0 amide bonds. The Bertz CT molecular complexity index is 814. The Labute approximate surface area is 168 Å². The minimum absolute atomic E-state index is 0. The van der Waals surface area contributed by atoms with Crippen molar-refractivity contribution in [1.82, 2.24) is 4.90 Å². The van der Waals surface area contributed by atoms with Gasteiger partial charge in [-0.25, -0.2) is 4.79 Å². The topological polar surface area (TPSA) is 55.8 Å². The predicted molar refractivity (Wildman–Crippen MR) is 104 cm³/mol. The van der Waals surface area contributed by atoms with Gasteiger partial charge >= 0.3 is 5.97 Å². The summed E-state index contributed by atoms with van der Waals surface area (Å²) in [6.45, 7) is 1.19. The average molecular weight is 412 g/mol. The van der Waals surface area contributed by atoms with Crippen molar-refractivity contribution in [1.29, 1.82) is 0 Å². The van der Waals surface area contributed by atoms with Gasteiger partial charge in [-0.05, 0) is 29.7 Å². The summed E-state index contributed by atoms with van der Waals surface area (Å²) in [4.78, 5) is 26.5. The fourth-order valence-electron chi connectivity index (χ4n) is 2.98. The number of carbonyl (C=O) groups is 2. The molecule has 0 spiro atoms. The van der Waals surface area contributed by atoms with Crippen molar-refractivity contribution >= 4 is 55.0 Å². The fourth-order valence-corrected chi connectivity index (χ4v) is 4.23. The normalized spacial score (nSPS) is 14.7. The number of rotatable bonds is 4. The number of benzene rings is 1. The zero-order valence-electron chi connectivity index (χ0n) is 13.9. The zero-order chi connectivity index (χ0) is 18.0. The van der Waals surface area contributed by atoms with Gasteiger partial charge in [0.2, 0.25) is 13.7 Å². The Hall–Kier alpha value is -1.54. The van der Waals surface area contributed by atoms with Gasteiger partial charge < -0.3 is 9.47 Å². The average Bonchev–Trinajstić information content (AvgIpc) is 2.97. The van der Waals surface area contributed by atoms with Crippen LogP contribution in [0.2, 0.25) is 5.02 Å². The van der Waals surface area contributed by atoms with Crippen molar-refractivity contribution in [2.24, 2.45) is 0 Å². The van der Waals surface area contributed by atoms with Gasteiger partial charge in [0.25, 0.3) is 0 Å². The fraction of sp³-hybridized carbons (Fsp3) is 0.294. The lowest BCUT2D eigenvalue weighted by Gasteiger charge is -2.33. The van der Waals surface area contributed by atoms with Crippen molar-refractivity contribution in [3.05, 3.63) is 51.4 Å². The second-order valence-electron chi connectivity index (χ2n) is 5.60. The molecular weight excluding hydrogens is 396 g/mol. The molecule has 0 saturated heterocycles. The van der Waals surface area contributed by atoms with Crippen LogP contribution >= 0.6 is 35.3 Å². The number of halogens is 2. The van der Waals surface area contributed by atoms with E-state index in [9.17, 15) is 9.59 Å². The van der Waals surface area contributed by atoms with Crippen LogP contribution < -0.4 is 4.74 Å². The summed E-state index contributed by atoms with van der Waals surface area (Å²) in [6.07, 6.45) is 0.736. The molecule has 9 heteroatoms. The third-order valence-electron chi connectivity index (χ3n) is 4.06. The molecule has 5 nitrogen and oxygen atoms in total. The van der Waals surface area contributed by atoms with E-state index >= 15 is 0 Å². The largest absolute Gasteiger partial charge is 0.468 e. The molecule has 0 aliphatic carbocycles. The smallest absolute Gasteiger partial charge is 0.327 e. The summed E-state index contributed by atoms with van der Waals surface area (Å²) in [5, 5.41) is 0.985. The number of carbonyl (C=O) groups excluding carboxylic acids is 2. The highest BCUT2D eigenvalue weighted by molar-refractivity contribution is 7.14. The highest BCUT2D eigenvalue weighted by atomic mass is 35.5. The van der Waals surface area contributed by atoms with Gasteiger partial charge in [-0.1, -0.05) is 29.8 Å². The maximum absolute atomic E-state index is 12.4. The van der Waals surface area contributed by atoms with Gasteiger partial charge in [-0.15, -0.1) is 23.7 Å². The molecule has 0 N–H and O–H groups in total. The number of hydrogen-bond acceptors (Lipinski definition) is 6. The molecule has 1 aliphatic rings. The Morgan fingerprint density at radius 1 is 1.35 bits per heavy atom. The Kier molecular flexibility index (Phi) is 7.12. The molecule has 2 radical (unpaired) electrons. The van der Waals surface area contributed by atoms with Crippen molar-refractivity contribution in [3.63, 3.8) is 0 Å². The van der Waals surface area contributed by atoms with Crippen LogP contribution in [0.1, 0.15) is 22.0 Å². The molecule has 2 heterocycles. The molecule has 3 rings (SSSR count). The summed E-state index contributed by atoms with van der Waals surface area (Å²) >= 11 is 7.70. The predicted octanol–water partition coefficient (Wildman–Crippen LogP) is 3.76. The molecule has 1 aromatic heterocycles. The summed E-state index contributed by atoms with van der Waals surface area (Å²) < 4.78 is 9.96. The first kappa shape index (κ1) is 20.8. The molecule has 26 heavy (non-hydrogen) atoms. The van der Waals surface area contributed by atoms with Crippen molar-refractivity contribution in [2.45, 2.75) is 19.0 Å². The maximum Gasteiger partial charge on any atom is 0.327 e. The van der Waals surface area contributed by atoms with Gasteiger partial charge in [0, 0.05) is 23.0 Å². The van der Waals surface area contributed by atoms with E-state index < -0.39 is 11.9 Å². The van der Waals surface area contributed by atoms with Crippen LogP contribution in [0.25, 0.3) is 0 Å². The standard InChI is InChI=1S/C17H15BClNO4S.ClH/c1-23-16(21)15(11-4-2-3-5-12(11)19)20-7-6-13-10(9-20)8-14(25-13)24-17(18)22;/h2-5,8,15H,6-7,9H2,1H3;1H/t15-;/m0./s1. The molecule has 0 unspecified atom stereocenters. The van der Waals surface area contributed by atoms with E-state index in [1.807, 2.05) is 23.1 Å². The van der Waals surface area contributed by atoms with Crippen molar-refractivity contribution in [2.75, 3.05) is 13.7 Å². The zero-order valence-corrected chi connectivity index (χ0v) is 16.3. The number of esters is 1. The van der Waals surface area contributed by atoms with E-state index in [0.29, 0.717) is 28.7 Å². The SMILES string of the molecule is Cl.[B]C(=O)Oc1cc2c(s1)CCN([C@H](C(=O)OC)c1ccccc1Cl)C2. The first-order valence-corrected chi connectivity index (χ1v) is 8.84. The van der Waals surface area contributed by atoms with E-state index in [-0.39, 0.29) is 18.4 Å². The summed E-state index contributed by atoms with van der Waals surface area (Å²) in [5.41, 5.74) is 1.72. The first-order chi connectivity index (χ1) is 12.0. The summed E-state index contributed by atoms with van der Waals surface area (Å²) in [7, 11) is 6.43. The Balaban J connectivity index is 0.00000243. The summed E-state index contributed by atoms with van der Waals surface area (Å²) in [5.74, 6) is -1.20. The molecule has 1 aliphatic heterocycles. The van der Waals surface area contributed by atoms with Crippen LogP contribution in [0.5, 0.6) is 5.06 Å². The number of methoxy groups -OCH3 is 1. The van der Waals surface area contributed by atoms with Crippen LogP contribution in [-0.4, -0.2) is 38.2 Å². The van der Waals surface area contributed by atoms with E-state index in [1.54, 1.807) is 12.1 Å². The number of ether oxygens (including phenoxy) is 2. The van der Waals surface area contributed by atoms with Gasteiger partial charge in [-0.2, -0.15) is 0 Å².